The van der Waals surface area contributed by atoms with Crippen molar-refractivity contribution >= 4 is 28.9 Å². The Labute approximate surface area is 121 Å². The lowest BCUT2D eigenvalue weighted by molar-refractivity contribution is -0.114. The van der Waals surface area contributed by atoms with Gasteiger partial charge in [-0.15, -0.1) is 0 Å². The van der Waals surface area contributed by atoms with Gasteiger partial charge in [-0.3, -0.25) is 4.79 Å². The van der Waals surface area contributed by atoms with E-state index in [4.69, 9.17) is 11.6 Å². The van der Waals surface area contributed by atoms with E-state index in [0.29, 0.717) is 17.3 Å². The number of benzene rings is 2. The van der Waals surface area contributed by atoms with E-state index >= 15 is 0 Å². The van der Waals surface area contributed by atoms with Crippen molar-refractivity contribution in [1.82, 2.24) is 0 Å². The van der Waals surface area contributed by atoms with Crippen molar-refractivity contribution in [3.63, 3.8) is 0 Å². The highest BCUT2D eigenvalue weighted by Crippen LogP contribution is 2.20. The van der Waals surface area contributed by atoms with E-state index in [9.17, 15) is 9.18 Å². The number of rotatable bonds is 4. The number of halogens is 2. The first kappa shape index (κ1) is 14.3. The molecule has 2 rings (SSSR count). The van der Waals surface area contributed by atoms with Crippen LogP contribution >= 0.6 is 11.6 Å². The molecule has 0 saturated carbocycles. The number of anilines is 2. The zero-order valence-corrected chi connectivity index (χ0v) is 11.7. The van der Waals surface area contributed by atoms with Crippen molar-refractivity contribution in [2.24, 2.45) is 0 Å². The lowest BCUT2D eigenvalue weighted by atomic mass is 10.2. The third-order valence-corrected chi connectivity index (χ3v) is 3.03. The summed E-state index contributed by atoms with van der Waals surface area (Å²) in [5.41, 5.74) is 2.36. The second kappa shape index (κ2) is 6.39. The van der Waals surface area contributed by atoms with Gasteiger partial charge in [0.1, 0.15) is 5.82 Å². The summed E-state index contributed by atoms with van der Waals surface area (Å²) in [7, 11) is 0. The molecule has 0 aliphatic heterocycles. The second-order valence-corrected chi connectivity index (χ2v) is 4.76. The predicted octanol–water partition coefficient (Wildman–Crippen LogP) is 4.05. The minimum absolute atomic E-state index is 0.122. The van der Waals surface area contributed by atoms with Crippen molar-refractivity contribution in [3.05, 3.63) is 58.9 Å². The predicted molar refractivity (Wildman–Crippen MR) is 79.5 cm³/mol. The summed E-state index contributed by atoms with van der Waals surface area (Å²) in [4.78, 5) is 11.0. The van der Waals surface area contributed by atoms with E-state index < -0.39 is 0 Å². The standard InChI is InChI=1S/C15H14ClFN2O/c1-10(20)19-14-4-2-3-13(8-14)18-9-11-5-6-12(17)7-15(11)16/h2-8,18H,9H2,1H3,(H,19,20). The molecule has 0 heterocycles. The van der Waals surface area contributed by atoms with Gasteiger partial charge >= 0.3 is 0 Å². The average Bonchev–Trinajstić information content (AvgIpc) is 2.37. The van der Waals surface area contributed by atoms with Gasteiger partial charge in [0.05, 0.1) is 0 Å². The number of amides is 1. The van der Waals surface area contributed by atoms with Gasteiger partial charge in [-0.1, -0.05) is 23.7 Å². The van der Waals surface area contributed by atoms with Gasteiger partial charge in [0.2, 0.25) is 5.91 Å². The van der Waals surface area contributed by atoms with Crippen molar-refractivity contribution in [1.29, 1.82) is 0 Å². The van der Waals surface area contributed by atoms with Crippen molar-refractivity contribution in [2.75, 3.05) is 10.6 Å². The van der Waals surface area contributed by atoms with Crippen LogP contribution in [0.2, 0.25) is 5.02 Å². The molecule has 104 valence electrons. The Balaban J connectivity index is 2.05. The quantitative estimate of drug-likeness (QED) is 0.892. The molecule has 0 atom stereocenters. The first-order valence-electron chi connectivity index (χ1n) is 6.10. The Hall–Kier alpha value is -2.07. The minimum Gasteiger partial charge on any atom is -0.381 e. The number of carbonyl (C=O) groups is 1. The monoisotopic (exact) mass is 292 g/mol. The Kier molecular flexibility index (Phi) is 4.58. The van der Waals surface area contributed by atoms with Gasteiger partial charge in [-0.05, 0) is 35.9 Å². The lowest BCUT2D eigenvalue weighted by Gasteiger charge is -2.10. The summed E-state index contributed by atoms with van der Waals surface area (Å²) in [6, 6.07) is 11.6. The van der Waals surface area contributed by atoms with E-state index in [-0.39, 0.29) is 11.7 Å². The zero-order chi connectivity index (χ0) is 14.5. The number of hydrogen-bond acceptors (Lipinski definition) is 2. The molecule has 0 aliphatic rings. The molecule has 0 saturated heterocycles. The van der Waals surface area contributed by atoms with E-state index in [1.807, 2.05) is 18.2 Å². The number of hydrogen-bond donors (Lipinski definition) is 2. The maximum absolute atomic E-state index is 12.9. The molecule has 5 heteroatoms. The van der Waals surface area contributed by atoms with Crippen LogP contribution in [0.25, 0.3) is 0 Å². The van der Waals surface area contributed by atoms with Crippen LogP contribution in [0, 0.1) is 5.82 Å². The molecule has 0 fully saturated rings. The molecule has 2 N–H and O–H groups in total. The Morgan fingerprint density at radius 2 is 1.95 bits per heavy atom. The fourth-order valence-electron chi connectivity index (χ4n) is 1.77. The first-order valence-corrected chi connectivity index (χ1v) is 6.48. The van der Waals surface area contributed by atoms with Crippen molar-refractivity contribution in [3.8, 4) is 0 Å². The first-order chi connectivity index (χ1) is 9.54. The van der Waals surface area contributed by atoms with Crippen LogP contribution in [0.15, 0.2) is 42.5 Å². The van der Waals surface area contributed by atoms with Gasteiger partial charge < -0.3 is 10.6 Å². The van der Waals surface area contributed by atoms with E-state index in [2.05, 4.69) is 10.6 Å². The third kappa shape index (κ3) is 3.96. The van der Waals surface area contributed by atoms with Crippen LogP contribution in [0.1, 0.15) is 12.5 Å². The smallest absolute Gasteiger partial charge is 0.221 e. The van der Waals surface area contributed by atoms with Crippen LogP contribution in [0.4, 0.5) is 15.8 Å². The summed E-state index contributed by atoms with van der Waals surface area (Å²) >= 11 is 5.96. The summed E-state index contributed by atoms with van der Waals surface area (Å²) in [5, 5.41) is 6.27. The van der Waals surface area contributed by atoms with Gasteiger partial charge in [0.25, 0.3) is 0 Å². The Bertz CT molecular complexity index is 631. The van der Waals surface area contributed by atoms with Gasteiger partial charge in [0.15, 0.2) is 0 Å². The summed E-state index contributed by atoms with van der Waals surface area (Å²) in [5.74, 6) is -0.477. The fourth-order valence-corrected chi connectivity index (χ4v) is 2.01. The fraction of sp³-hybridized carbons (Fsp3) is 0.133. The topological polar surface area (TPSA) is 41.1 Å². The molecule has 0 aromatic heterocycles. The van der Waals surface area contributed by atoms with Crippen LogP contribution in [0.5, 0.6) is 0 Å². The molecule has 0 aliphatic carbocycles. The average molecular weight is 293 g/mol. The second-order valence-electron chi connectivity index (χ2n) is 4.35. The van der Waals surface area contributed by atoms with Gasteiger partial charge in [0, 0.05) is 29.9 Å². The molecular weight excluding hydrogens is 279 g/mol. The van der Waals surface area contributed by atoms with Crippen molar-refractivity contribution in [2.45, 2.75) is 13.5 Å². The number of nitrogens with one attached hydrogen (secondary N) is 2. The zero-order valence-electron chi connectivity index (χ0n) is 10.9. The normalized spacial score (nSPS) is 10.2. The largest absolute Gasteiger partial charge is 0.381 e. The maximum Gasteiger partial charge on any atom is 0.221 e. The molecular formula is C15H14ClFN2O. The molecule has 2 aromatic rings. The Morgan fingerprint density at radius 1 is 1.20 bits per heavy atom. The molecule has 2 aromatic carbocycles. The SMILES string of the molecule is CC(=O)Nc1cccc(NCc2ccc(F)cc2Cl)c1. The summed E-state index contributed by atoms with van der Waals surface area (Å²) < 4.78 is 12.9. The van der Waals surface area contributed by atoms with Crippen LogP contribution in [0.3, 0.4) is 0 Å². The molecule has 0 bridgehead atoms. The molecule has 20 heavy (non-hydrogen) atoms. The highest BCUT2D eigenvalue weighted by atomic mass is 35.5. The Morgan fingerprint density at radius 3 is 2.65 bits per heavy atom. The van der Waals surface area contributed by atoms with Gasteiger partial charge in [-0.25, -0.2) is 4.39 Å². The van der Waals surface area contributed by atoms with Crippen LogP contribution < -0.4 is 10.6 Å². The van der Waals surface area contributed by atoms with Crippen LogP contribution in [-0.4, -0.2) is 5.91 Å². The molecule has 3 nitrogen and oxygen atoms in total. The molecule has 0 spiro atoms. The maximum atomic E-state index is 12.9. The highest BCUT2D eigenvalue weighted by Gasteiger charge is 2.03. The van der Waals surface area contributed by atoms with E-state index in [0.717, 1.165) is 11.3 Å². The molecule has 0 unspecified atom stereocenters. The highest BCUT2D eigenvalue weighted by molar-refractivity contribution is 6.31. The third-order valence-electron chi connectivity index (χ3n) is 2.68. The molecule has 0 radical (unpaired) electrons. The summed E-state index contributed by atoms with van der Waals surface area (Å²) in [6.07, 6.45) is 0. The van der Waals surface area contributed by atoms with E-state index in [1.54, 1.807) is 12.1 Å². The van der Waals surface area contributed by atoms with Gasteiger partial charge in [-0.2, -0.15) is 0 Å². The summed E-state index contributed by atoms with van der Waals surface area (Å²) in [6.45, 7) is 1.93. The lowest BCUT2D eigenvalue weighted by Crippen LogP contribution is -2.06. The van der Waals surface area contributed by atoms with Crippen LogP contribution in [-0.2, 0) is 11.3 Å². The van der Waals surface area contributed by atoms with Crippen molar-refractivity contribution < 1.29 is 9.18 Å². The molecule has 1 amide bonds. The van der Waals surface area contributed by atoms with E-state index in [1.165, 1.54) is 19.1 Å². The minimum atomic E-state index is -0.355. The number of carbonyl (C=O) groups excluding carboxylic acids is 1.